The largest absolute Gasteiger partial charge is 1.00 e. The van der Waals surface area contributed by atoms with E-state index in [1.807, 2.05) is 0 Å². The Kier molecular flexibility index (Phi) is 6.48. The number of ether oxygens (including phenoxy) is 1. The monoisotopic (exact) mass is 349 g/mol. The van der Waals surface area contributed by atoms with Gasteiger partial charge in [0.1, 0.15) is 18.4 Å². The predicted molar refractivity (Wildman–Crippen MR) is 68.9 cm³/mol. The Hall–Kier alpha value is -0.290. The first-order valence-electron chi connectivity index (χ1n) is 5.82. The summed E-state index contributed by atoms with van der Waals surface area (Å²) in [4.78, 5) is 0. The van der Waals surface area contributed by atoms with Gasteiger partial charge in [-0.05, 0) is 31.9 Å². The third kappa shape index (κ3) is 4.84. The molecule has 0 N–H and O–H groups in total. The van der Waals surface area contributed by atoms with Gasteiger partial charge in [-0.1, -0.05) is 18.2 Å². The molecular weight excluding hydrogens is 325 g/mol. The van der Waals surface area contributed by atoms with Crippen molar-refractivity contribution >= 4 is 0 Å². The van der Waals surface area contributed by atoms with Gasteiger partial charge in [-0.2, -0.15) is 0 Å². The van der Waals surface area contributed by atoms with E-state index in [-0.39, 0.29) is 24.0 Å². The van der Waals surface area contributed by atoms with Crippen LogP contribution in [0.3, 0.4) is 0 Å². The maximum absolute atomic E-state index is 5.94. The zero-order valence-corrected chi connectivity index (χ0v) is 13.9. The molecule has 1 rings (SSSR count). The number of rotatable bonds is 4. The molecule has 1 aromatic carbocycles. The first-order valence-corrected chi connectivity index (χ1v) is 5.82. The van der Waals surface area contributed by atoms with Crippen LogP contribution in [0.5, 0.6) is 5.75 Å². The van der Waals surface area contributed by atoms with Crippen molar-refractivity contribution in [2.24, 2.45) is 0 Å². The van der Waals surface area contributed by atoms with Gasteiger partial charge in [0.15, 0.2) is 0 Å². The van der Waals surface area contributed by atoms with E-state index in [0.29, 0.717) is 6.04 Å². The molecule has 0 amide bonds. The number of hydrogen-bond donors (Lipinski definition) is 0. The molecular formula is C14H24INO. The molecule has 3 heteroatoms. The van der Waals surface area contributed by atoms with Gasteiger partial charge in [-0.3, -0.25) is 0 Å². The van der Waals surface area contributed by atoms with Crippen LogP contribution in [0.2, 0.25) is 0 Å². The lowest BCUT2D eigenvalue weighted by Crippen LogP contribution is -3.00. The van der Waals surface area contributed by atoms with E-state index in [0.717, 1.165) is 16.8 Å². The molecule has 1 aromatic rings. The second-order valence-corrected chi connectivity index (χ2v) is 5.50. The summed E-state index contributed by atoms with van der Waals surface area (Å²) in [5.41, 5.74) is 2.43. The minimum Gasteiger partial charge on any atom is -1.00 e. The zero-order chi connectivity index (χ0) is 12.3. The normalized spacial score (nSPS) is 12.8. The average Bonchev–Trinajstić information content (AvgIpc) is 2.15. The maximum Gasteiger partial charge on any atom is 0.140 e. The Balaban J connectivity index is 0.00000256. The summed E-state index contributed by atoms with van der Waals surface area (Å²) in [6.45, 7) is 7.17. The van der Waals surface area contributed by atoms with E-state index in [4.69, 9.17) is 4.74 Å². The number of para-hydroxylation sites is 1. The van der Waals surface area contributed by atoms with Gasteiger partial charge in [-0.15, -0.1) is 0 Å². The highest BCUT2D eigenvalue weighted by Crippen LogP contribution is 2.22. The molecule has 2 nitrogen and oxygen atoms in total. The standard InChI is InChI=1S/C14H24NO.HI/c1-11-8-7-9-12(2)14(11)16-10-13(3)15(4,5)6;/h7-9,13H,10H2,1-6H3;1H/q+1;/p-1. The van der Waals surface area contributed by atoms with Crippen molar-refractivity contribution in [2.45, 2.75) is 26.8 Å². The van der Waals surface area contributed by atoms with Gasteiger partial charge in [0.25, 0.3) is 0 Å². The predicted octanol–water partition coefficient (Wildman–Crippen LogP) is -0.219. The first-order chi connectivity index (χ1) is 7.32. The minimum absolute atomic E-state index is 0. The zero-order valence-electron chi connectivity index (χ0n) is 11.7. The van der Waals surface area contributed by atoms with Crippen LogP contribution in [0, 0.1) is 13.8 Å². The van der Waals surface area contributed by atoms with Gasteiger partial charge < -0.3 is 33.2 Å². The molecule has 0 aromatic heterocycles. The Bertz CT molecular complexity index is 337. The molecule has 0 aliphatic carbocycles. The summed E-state index contributed by atoms with van der Waals surface area (Å²) in [5, 5.41) is 0. The molecule has 0 bridgehead atoms. The van der Waals surface area contributed by atoms with Crippen molar-refractivity contribution in [3.8, 4) is 5.75 Å². The van der Waals surface area contributed by atoms with Gasteiger partial charge >= 0.3 is 0 Å². The molecule has 0 fully saturated rings. The molecule has 0 radical (unpaired) electrons. The molecule has 1 atom stereocenters. The third-order valence-electron chi connectivity index (χ3n) is 3.20. The highest BCUT2D eigenvalue weighted by Gasteiger charge is 2.19. The number of quaternary nitrogens is 1. The van der Waals surface area contributed by atoms with E-state index < -0.39 is 0 Å². The van der Waals surface area contributed by atoms with Crippen LogP contribution >= 0.6 is 0 Å². The number of likely N-dealkylation sites (N-methyl/N-ethyl adjacent to an activating group) is 1. The molecule has 1 unspecified atom stereocenters. The van der Waals surface area contributed by atoms with E-state index in [9.17, 15) is 0 Å². The van der Waals surface area contributed by atoms with E-state index in [2.05, 4.69) is 60.1 Å². The fourth-order valence-corrected chi connectivity index (χ4v) is 1.45. The van der Waals surface area contributed by atoms with E-state index >= 15 is 0 Å². The molecule has 0 aliphatic heterocycles. The Morgan fingerprint density at radius 2 is 1.59 bits per heavy atom. The fraction of sp³-hybridized carbons (Fsp3) is 0.571. The minimum atomic E-state index is 0. The van der Waals surface area contributed by atoms with Crippen molar-refractivity contribution in [1.29, 1.82) is 0 Å². The molecule has 17 heavy (non-hydrogen) atoms. The van der Waals surface area contributed by atoms with Crippen LogP contribution < -0.4 is 28.7 Å². The molecule has 0 heterocycles. The summed E-state index contributed by atoms with van der Waals surface area (Å²) in [6, 6.07) is 6.75. The average molecular weight is 349 g/mol. The van der Waals surface area contributed by atoms with E-state index in [1.165, 1.54) is 11.1 Å². The highest BCUT2D eigenvalue weighted by atomic mass is 127. The van der Waals surface area contributed by atoms with Gasteiger partial charge in [0.05, 0.1) is 21.1 Å². The second kappa shape index (κ2) is 6.59. The van der Waals surface area contributed by atoms with Crippen molar-refractivity contribution < 1.29 is 33.2 Å². The van der Waals surface area contributed by atoms with Crippen LogP contribution in [0.4, 0.5) is 0 Å². The van der Waals surface area contributed by atoms with Gasteiger partial charge in [0.2, 0.25) is 0 Å². The van der Waals surface area contributed by atoms with Crippen molar-refractivity contribution in [3.05, 3.63) is 29.3 Å². The summed E-state index contributed by atoms with van der Waals surface area (Å²) < 4.78 is 6.86. The molecule has 0 saturated carbocycles. The van der Waals surface area contributed by atoms with Crippen molar-refractivity contribution in [3.63, 3.8) is 0 Å². The van der Waals surface area contributed by atoms with Crippen LogP contribution in [0.1, 0.15) is 18.1 Å². The lowest BCUT2D eigenvalue weighted by atomic mass is 10.1. The van der Waals surface area contributed by atoms with Crippen LogP contribution in [0.15, 0.2) is 18.2 Å². The lowest BCUT2D eigenvalue weighted by Gasteiger charge is -2.31. The highest BCUT2D eigenvalue weighted by molar-refractivity contribution is 5.39. The van der Waals surface area contributed by atoms with Gasteiger partial charge in [0, 0.05) is 0 Å². The second-order valence-electron chi connectivity index (χ2n) is 5.50. The molecule has 0 aliphatic rings. The number of benzene rings is 1. The maximum atomic E-state index is 5.94. The summed E-state index contributed by atoms with van der Waals surface area (Å²) in [6.07, 6.45) is 0. The number of nitrogens with zero attached hydrogens (tertiary/aromatic N) is 1. The van der Waals surface area contributed by atoms with Crippen LogP contribution in [-0.4, -0.2) is 38.3 Å². The molecule has 0 spiro atoms. The quantitative estimate of drug-likeness (QED) is 0.540. The van der Waals surface area contributed by atoms with E-state index in [1.54, 1.807) is 0 Å². The molecule has 0 saturated heterocycles. The third-order valence-corrected chi connectivity index (χ3v) is 3.20. The van der Waals surface area contributed by atoms with Crippen LogP contribution in [-0.2, 0) is 0 Å². The number of hydrogen-bond acceptors (Lipinski definition) is 1. The fourth-order valence-electron chi connectivity index (χ4n) is 1.45. The summed E-state index contributed by atoms with van der Waals surface area (Å²) >= 11 is 0. The first kappa shape index (κ1) is 16.7. The number of halogens is 1. The number of aryl methyl sites for hydroxylation is 2. The molecule has 98 valence electrons. The van der Waals surface area contributed by atoms with Crippen LogP contribution in [0.25, 0.3) is 0 Å². The lowest BCUT2D eigenvalue weighted by molar-refractivity contribution is -0.894. The Morgan fingerprint density at radius 3 is 2.00 bits per heavy atom. The van der Waals surface area contributed by atoms with Gasteiger partial charge in [-0.25, -0.2) is 0 Å². The summed E-state index contributed by atoms with van der Waals surface area (Å²) in [5.74, 6) is 1.04. The summed E-state index contributed by atoms with van der Waals surface area (Å²) in [7, 11) is 6.58. The Morgan fingerprint density at radius 1 is 1.12 bits per heavy atom. The van der Waals surface area contributed by atoms with Crippen molar-refractivity contribution in [2.75, 3.05) is 27.7 Å². The smallest absolute Gasteiger partial charge is 0.140 e. The Labute approximate surface area is 123 Å². The SMILES string of the molecule is Cc1cccc(C)c1OCC(C)[N+](C)(C)C.[I-]. The topological polar surface area (TPSA) is 9.23 Å². The van der Waals surface area contributed by atoms with Crippen molar-refractivity contribution in [1.82, 2.24) is 0 Å².